The van der Waals surface area contributed by atoms with Crippen molar-refractivity contribution in [2.24, 2.45) is 5.92 Å². The summed E-state index contributed by atoms with van der Waals surface area (Å²) in [7, 11) is 1.83. The molecular weight excluding hydrogens is 283 g/mol. The van der Waals surface area contributed by atoms with E-state index in [1.165, 1.54) is 32.1 Å². The highest BCUT2D eigenvalue weighted by Gasteiger charge is 2.19. The van der Waals surface area contributed by atoms with Crippen LogP contribution in [0.2, 0.25) is 10.3 Å². The summed E-state index contributed by atoms with van der Waals surface area (Å²) in [4.78, 5) is 17.9. The predicted octanol–water partition coefficient (Wildman–Crippen LogP) is 4.04. The minimum atomic E-state index is -0.0447. The average molecular weight is 301 g/mol. The third-order valence-electron chi connectivity index (χ3n) is 3.61. The highest BCUT2D eigenvalue weighted by molar-refractivity contribution is 6.33. The Morgan fingerprint density at radius 2 is 1.84 bits per heavy atom. The lowest BCUT2D eigenvalue weighted by atomic mass is 9.89. The molecule has 5 heteroatoms. The molecule has 1 aliphatic carbocycles. The van der Waals surface area contributed by atoms with Gasteiger partial charge in [0.2, 0.25) is 0 Å². The first-order valence-electron chi connectivity index (χ1n) is 6.65. The van der Waals surface area contributed by atoms with Crippen LogP contribution < -0.4 is 0 Å². The number of aromatic nitrogens is 1. The average Bonchev–Trinajstić information content (AvgIpc) is 2.37. The minimum absolute atomic E-state index is 0.0447. The Hall–Kier alpha value is -0.800. The summed E-state index contributed by atoms with van der Waals surface area (Å²) < 4.78 is 0. The minimum Gasteiger partial charge on any atom is -0.341 e. The zero-order valence-electron chi connectivity index (χ0n) is 11.0. The van der Waals surface area contributed by atoms with Gasteiger partial charge in [0, 0.05) is 19.2 Å². The van der Waals surface area contributed by atoms with Crippen LogP contribution in [0.4, 0.5) is 0 Å². The van der Waals surface area contributed by atoms with E-state index in [0.29, 0.717) is 11.5 Å². The van der Waals surface area contributed by atoms with Crippen molar-refractivity contribution < 1.29 is 4.79 Å². The number of pyridine rings is 1. The smallest absolute Gasteiger partial charge is 0.253 e. The molecule has 1 aromatic heterocycles. The van der Waals surface area contributed by atoms with Gasteiger partial charge in [0.25, 0.3) is 5.91 Å². The molecule has 19 heavy (non-hydrogen) atoms. The van der Waals surface area contributed by atoms with Gasteiger partial charge in [-0.25, -0.2) is 4.98 Å². The molecule has 104 valence electrons. The first kappa shape index (κ1) is 14.6. The number of carbonyl (C=O) groups excluding carboxylic acids is 1. The second kappa shape index (κ2) is 6.58. The molecule has 1 amide bonds. The van der Waals surface area contributed by atoms with Crippen molar-refractivity contribution in [3.8, 4) is 0 Å². The van der Waals surface area contributed by atoms with Crippen LogP contribution in [0, 0.1) is 5.92 Å². The maximum atomic E-state index is 12.3. The summed E-state index contributed by atoms with van der Waals surface area (Å²) in [5.74, 6) is 0.576. The van der Waals surface area contributed by atoms with Gasteiger partial charge in [0.1, 0.15) is 10.3 Å². The van der Waals surface area contributed by atoms with Crippen molar-refractivity contribution >= 4 is 29.1 Å². The van der Waals surface area contributed by atoms with Crippen molar-refractivity contribution in [1.29, 1.82) is 0 Å². The second-order valence-corrected chi connectivity index (χ2v) is 5.97. The van der Waals surface area contributed by atoms with Gasteiger partial charge >= 0.3 is 0 Å². The molecule has 3 nitrogen and oxygen atoms in total. The molecule has 1 aliphatic rings. The highest BCUT2D eigenvalue weighted by atomic mass is 35.5. The van der Waals surface area contributed by atoms with E-state index in [4.69, 9.17) is 23.2 Å². The molecule has 1 saturated carbocycles. The number of carbonyl (C=O) groups is 1. The van der Waals surface area contributed by atoms with Crippen LogP contribution >= 0.6 is 23.2 Å². The van der Waals surface area contributed by atoms with Crippen molar-refractivity contribution in [2.75, 3.05) is 13.6 Å². The molecule has 1 fully saturated rings. The van der Waals surface area contributed by atoms with E-state index in [1.54, 1.807) is 17.0 Å². The highest BCUT2D eigenvalue weighted by Crippen LogP contribution is 2.25. The van der Waals surface area contributed by atoms with Gasteiger partial charge in [-0.1, -0.05) is 42.5 Å². The number of amides is 1. The summed E-state index contributed by atoms with van der Waals surface area (Å²) >= 11 is 11.6. The summed E-state index contributed by atoms with van der Waals surface area (Å²) in [5.41, 5.74) is 0.503. The van der Waals surface area contributed by atoms with Gasteiger partial charge in [-0.2, -0.15) is 0 Å². The SMILES string of the molecule is CN(CC1CCCCC1)C(=O)c1cc(Cl)nc(Cl)c1. The zero-order valence-corrected chi connectivity index (χ0v) is 12.5. The van der Waals surface area contributed by atoms with Gasteiger partial charge < -0.3 is 4.90 Å². The predicted molar refractivity (Wildman–Crippen MR) is 77.8 cm³/mol. The molecule has 0 atom stereocenters. The molecule has 0 radical (unpaired) electrons. The Labute approximate surface area is 123 Å². The molecule has 1 aromatic rings. The standard InChI is InChI=1S/C14H18Cl2N2O/c1-18(9-10-5-3-2-4-6-10)14(19)11-7-12(15)17-13(16)8-11/h7-8,10H,2-6,9H2,1H3. The number of hydrogen-bond donors (Lipinski definition) is 0. The van der Waals surface area contributed by atoms with Crippen LogP contribution in [0.25, 0.3) is 0 Å². The summed E-state index contributed by atoms with van der Waals surface area (Å²) in [6, 6.07) is 3.13. The zero-order chi connectivity index (χ0) is 13.8. The number of halogens is 2. The van der Waals surface area contributed by atoms with Crippen molar-refractivity contribution in [1.82, 2.24) is 9.88 Å². The Kier molecular flexibility index (Phi) is 5.06. The van der Waals surface area contributed by atoms with E-state index in [-0.39, 0.29) is 16.2 Å². The Bertz CT molecular complexity index is 439. The summed E-state index contributed by atoms with van der Waals surface area (Å²) in [6.45, 7) is 0.802. The van der Waals surface area contributed by atoms with Crippen LogP contribution in [0.5, 0.6) is 0 Å². The maximum absolute atomic E-state index is 12.3. The topological polar surface area (TPSA) is 33.2 Å². The summed E-state index contributed by atoms with van der Waals surface area (Å²) in [6.07, 6.45) is 6.31. The van der Waals surface area contributed by atoms with E-state index in [2.05, 4.69) is 4.98 Å². The third-order valence-corrected chi connectivity index (χ3v) is 4.00. The third kappa shape index (κ3) is 4.08. The van der Waals surface area contributed by atoms with Gasteiger partial charge in [-0.05, 0) is 30.9 Å². The molecule has 0 bridgehead atoms. The Morgan fingerprint density at radius 1 is 1.26 bits per heavy atom. The summed E-state index contributed by atoms with van der Waals surface area (Å²) in [5, 5.41) is 0.504. The lowest BCUT2D eigenvalue weighted by molar-refractivity contribution is 0.0760. The van der Waals surface area contributed by atoms with Crippen molar-refractivity contribution in [3.63, 3.8) is 0 Å². The first-order valence-corrected chi connectivity index (χ1v) is 7.40. The van der Waals surface area contributed by atoms with Gasteiger partial charge in [0.15, 0.2) is 0 Å². The van der Waals surface area contributed by atoms with E-state index in [0.717, 1.165) is 6.54 Å². The van der Waals surface area contributed by atoms with Crippen molar-refractivity contribution in [3.05, 3.63) is 28.0 Å². The molecule has 1 heterocycles. The first-order chi connectivity index (χ1) is 9.06. The van der Waals surface area contributed by atoms with Crippen molar-refractivity contribution in [2.45, 2.75) is 32.1 Å². The lowest BCUT2D eigenvalue weighted by Gasteiger charge is -2.27. The van der Waals surface area contributed by atoms with Crippen LogP contribution in [0.15, 0.2) is 12.1 Å². The molecule has 2 rings (SSSR count). The Balaban J connectivity index is 2.01. The fraction of sp³-hybridized carbons (Fsp3) is 0.571. The fourth-order valence-corrected chi connectivity index (χ4v) is 3.11. The quantitative estimate of drug-likeness (QED) is 0.789. The number of hydrogen-bond acceptors (Lipinski definition) is 2. The molecule has 0 N–H and O–H groups in total. The molecule has 0 saturated heterocycles. The normalized spacial score (nSPS) is 16.4. The van der Waals surface area contributed by atoms with Crippen LogP contribution in [0.3, 0.4) is 0 Å². The van der Waals surface area contributed by atoms with Crippen LogP contribution in [0.1, 0.15) is 42.5 Å². The molecular formula is C14H18Cl2N2O. The van der Waals surface area contributed by atoms with Gasteiger partial charge in [-0.15, -0.1) is 0 Å². The molecule has 0 aliphatic heterocycles. The van der Waals surface area contributed by atoms with E-state index in [1.807, 2.05) is 7.05 Å². The molecule has 0 aromatic carbocycles. The van der Waals surface area contributed by atoms with E-state index in [9.17, 15) is 4.79 Å². The molecule has 0 unspecified atom stereocenters. The lowest BCUT2D eigenvalue weighted by Crippen LogP contribution is -2.32. The number of nitrogens with zero attached hydrogens (tertiary/aromatic N) is 2. The largest absolute Gasteiger partial charge is 0.341 e. The maximum Gasteiger partial charge on any atom is 0.253 e. The van der Waals surface area contributed by atoms with Gasteiger partial charge in [-0.3, -0.25) is 4.79 Å². The number of rotatable bonds is 3. The second-order valence-electron chi connectivity index (χ2n) is 5.19. The fourth-order valence-electron chi connectivity index (χ4n) is 2.65. The van der Waals surface area contributed by atoms with E-state index >= 15 is 0 Å². The molecule has 0 spiro atoms. The Morgan fingerprint density at radius 3 is 2.42 bits per heavy atom. The van der Waals surface area contributed by atoms with Gasteiger partial charge in [0.05, 0.1) is 0 Å². The van der Waals surface area contributed by atoms with E-state index < -0.39 is 0 Å². The monoisotopic (exact) mass is 300 g/mol. The van der Waals surface area contributed by atoms with Crippen LogP contribution in [-0.4, -0.2) is 29.4 Å². The van der Waals surface area contributed by atoms with Crippen LogP contribution in [-0.2, 0) is 0 Å².